The number of amides is 1. The van der Waals surface area contributed by atoms with Gasteiger partial charge in [-0.15, -0.1) is 0 Å². The topological polar surface area (TPSA) is 78.1 Å². The number of aryl methyl sites for hydroxylation is 1. The highest BCUT2D eigenvalue weighted by atomic mass is 16.1. The first kappa shape index (κ1) is 17.6. The summed E-state index contributed by atoms with van der Waals surface area (Å²) in [5, 5.41) is 3.76. The number of fused-ring (bicyclic) bond motifs is 1. The zero-order valence-corrected chi connectivity index (χ0v) is 14.9. The fourth-order valence-electron chi connectivity index (χ4n) is 3.68. The van der Waals surface area contributed by atoms with Crippen molar-refractivity contribution in [3.05, 3.63) is 40.4 Å². The first-order valence-corrected chi connectivity index (χ1v) is 8.98. The smallest absolute Gasteiger partial charge is 0.258 e. The molecule has 1 aromatic heterocycles. The molecule has 2 N–H and O–H groups in total. The molecule has 3 rings (SSSR count). The van der Waals surface area contributed by atoms with Gasteiger partial charge in [-0.05, 0) is 51.9 Å². The van der Waals surface area contributed by atoms with Crippen LogP contribution in [-0.4, -0.2) is 47.0 Å². The number of H-pyrrole nitrogens is 1. The number of carbonyl (C=O) groups is 1. The van der Waals surface area contributed by atoms with Crippen LogP contribution in [0.1, 0.15) is 37.9 Å². The molecule has 2 aromatic rings. The number of rotatable bonds is 6. The normalized spacial score (nSPS) is 20.3. The lowest BCUT2D eigenvalue weighted by Gasteiger charge is -2.26. The van der Waals surface area contributed by atoms with Gasteiger partial charge in [0.2, 0.25) is 5.91 Å². The maximum Gasteiger partial charge on any atom is 0.258 e. The second kappa shape index (κ2) is 7.78. The van der Waals surface area contributed by atoms with E-state index in [1.54, 1.807) is 6.07 Å². The van der Waals surface area contributed by atoms with Crippen molar-refractivity contribution in [3.8, 4) is 0 Å². The molecule has 134 valence electrons. The standard InChI is InChI=1S/C19H26N4O2/c1-23(2)16-10-5-9-15(16)21-18(24)12-6-11-17-20-14-8-4-3-7-13(14)19(25)22-17/h3-4,7-8,15-16H,5-6,9-12H2,1-2H3,(H,21,24)(H,20,22,25)/t15-,16-/m1/s1. The fraction of sp³-hybridized carbons (Fsp3) is 0.526. The van der Waals surface area contributed by atoms with E-state index in [-0.39, 0.29) is 17.5 Å². The van der Waals surface area contributed by atoms with Crippen molar-refractivity contribution in [2.24, 2.45) is 0 Å². The predicted octanol–water partition coefficient (Wildman–Crippen LogP) is 1.84. The summed E-state index contributed by atoms with van der Waals surface area (Å²) >= 11 is 0. The third kappa shape index (κ3) is 4.25. The molecule has 0 aliphatic heterocycles. The first-order chi connectivity index (χ1) is 12.0. The largest absolute Gasteiger partial charge is 0.352 e. The second-order valence-electron chi connectivity index (χ2n) is 7.02. The molecular weight excluding hydrogens is 316 g/mol. The highest BCUT2D eigenvalue weighted by Crippen LogP contribution is 2.22. The summed E-state index contributed by atoms with van der Waals surface area (Å²) in [6.07, 6.45) is 5.07. The van der Waals surface area contributed by atoms with E-state index in [1.165, 1.54) is 0 Å². The number of hydrogen-bond acceptors (Lipinski definition) is 4. The molecule has 0 spiro atoms. The average Bonchev–Trinajstić information content (AvgIpc) is 3.03. The number of likely N-dealkylation sites (N-methyl/N-ethyl adjacent to an activating group) is 1. The maximum absolute atomic E-state index is 12.2. The van der Waals surface area contributed by atoms with Crippen LogP contribution in [0.25, 0.3) is 10.9 Å². The summed E-state index contributed by atoms with van der Waals surface area (Å²) in [5.41, 5.74) is 0.579. The number of aromatic nitrogens is 2. The number of para-hydroxylation sites is 1. The molecule has 2 atom stereocenters. The number of nitrogens with zero attached hydrogens (tertiary/aromatic N) is 2. The van der Waals surface area contributed by atoms with Gasteiger partial charge in [0.05, 0.1) is 10.9 Å². The molecule has 0 bridgehead atoms. The van der Waals surface area contributed by atoms with Crippen molar-refractivity contribution >= 4 is 16.8 Å². The van der Waals surface area contributed by atoms with E-state index in [4.69, 9.17) is 0 Å². The van der Waals surface area contributed by atoms with E-state index >= 15 is 0 Å². The van der Waals surface area contributed by atoms with E-state index in [2.05, 4.69) is 34.3 Å². The van der Waals surface area contributed by atoms with Crippen LogP contribution in [0.15, 0.2) is 29.1 Å². The Kier molecular flexibility index (Phi) is 5.48. The van der Waals surface area contributed by atoms with Gasteiger partial charge in [-0.25, -0.2) is 4.98 Å². The lowest BCUT2D eigenvalue weighted by atomic mass is 10.1. The minimum absolute atomic E-state index is 0.0851. The summed E-state index contributed by atoms with van der Waals surface area (Å²) in [6.45, 7) is 0. The van der Waals surface area contributed by atoms with E-state index in [0.717, 1.165) is 19.3 Å². The van der Waals surface area contributed by atoms with Crippen LogP contribution in [0.3, 0.4) is 0 Å². The number of hydrogen-bond donors (Lipinski definition) is 2. The third-order valence-corrected chi connectivity index (χ3v) is 4.97. The second-order valence-corrected chi connectivity index (χ2v) is 7.02. The summed E-state index contributed by atoms with van der Waals surface area (Å²) in [7, 11) is 4.13. The van der Waals surface area contributed by atoms with Crippen molar-refractivity contribution in [1.82, 2.24) is 20.2 Å². The molecule has 0 unspecified atom stereocenters. The molecule has 1 aliphatic rings. The molecule has 1 heterocycles. The van der Waals surface area contributed by atoms with Crippen LogP contribution in [0, 0.1) is 0 Å². The number of carbonyl (C=O) groups excluding carboxylic acids is 1. The molecular formula is C19H26N4O2. The van der Waals surface area contributed by atoms with Crippen molar-refractivity contribution in [3.63, 3.8) is 0 Å². The lowest BCUT2D eigenvalue weighted by Crippen LogP contribution is -2.46. The Bertz CT molecular complexity index is 799. The summed E-state index contributed by atoms with van der Waals surface area (Å²) in [4.78, 5) is 33.7. The molecule has 1 aromatic carbocycles. The maximum atomic E-state index is 12.2. The van der Waals surface area contributed by atoms with Crippen molar-refractivity contribution in [2.75, 3.05) is 14.1 Å². The number of aromatic amines is 1. The Morgan fingerprint density at radius 2 is 2.12 bits per heavy atom. The van der Waals surface area contributed by atoms with Gasteiger partial charge < -0.3 is 15.2 Å². The molecule has 1 fully saturated rings. The Morgan fingerprint density at radius 1 is 1.32 bits per heavy atom. The summed E-state index contributed by atoms with van der Waals surface area (Å²) < 4.78 is 0. The Balaban J connectivity index is 1.53. The van der Waals surface area contributed by atoms with E-state index in [9.17, 15) is 9.59 Å². The average molecular weight is 342 g/mol. The molecule has 6 heteroatoms. The minimum Gasteiger partial charge on any atom is -0.352 e. The molecule has 0 radical (unpaired) electrons. The highest BCUT2D eigenvalue weighted by Gasteiger charge is 2.29. The van der Waals surface area contributed by atoms with Crippen LogP contribution >= 0.6 is 0 Å². The van der Waals surface area contributed by atoms with Gasteiger partial charge in [0.15, 0.2) is 0 Å². The van der Waals surface area contributed by atoms with E-state index in [1.807, 2.05) is 18.2 Å². The minimum atomic E-state index is -0.121. The molecule has 1 aliphatic carbocycles. The van der Waals surface area contributed by atoms with Gasteiger partial charge in [-0.1, -0.05) is 12.1 Å². The van der Waals surface area contributed by atoms with E-state index < -0.39 is 0 Å². The van der Waals surface area contributed by atoms with E-state index in [0.29, 0.717) is 42.0 Å². The van der Waals surface area contributed by atoms with Crippen LogP contribution in [-0.2, 0) is 11.2 Å². The van der Waals surface area contributed by atoms with Crippen molar-refractivity contribution in [2.45, 2.75) is 50.6 Å². The lowest BCUT2D eigenvalue weighted by molar-refractivity contribution is -0.122. The molecule has 6 nitrogen and oxygen atoms in total. The van der Waals surface area contributed by atoms with Gasteiger partial charge >= 0.3 is 0 Å². The Hall–Kier alpha value is -2.21. The number of nitrogens with one attached hydrogen (secondary N) is 2. The van der Waals surface area contributed by atoms with Crippen molar-refractivity contribution in [1.29, 1.82) is 0 Å². The van der Waals surface area contributed by atoms with Crippen molar-refractivity contribution < 1.29 is 4.79 Å². The molecule has 1 amide bonds. The Morgan fingerprint density at radius 3 is 2.92 bits per heavy atom. The van der Waals surface area contributed by atoms with Gasteiger partial charge in [0.25, 0.3) is 5.56 Å². The Labute approximate surface area is 147 Å². The molecule has 25 heavy (non-hydrogen) atoms. The van der Waals surface area contributed by atoms with Gasteiger partial charge in [-0.3, -0.25) is 9.59 Å². The van der Waals surface area contributed by atoms with Crippen LogP contribution in [0.4, 0.5) is 0 Å². The van der Waals surface area contributed by atoms with Gasteiger partial charge in [0, 0.05) is 24.9 Å². The number of benzene rings is 1. The first-order valence-electron chi connectivity index (χ1n) is 8.98. The zero-order chi connectivity index (χ0) is 17.8. The predicted molar refractivity (Wildman–Crippen MR) is 98.6 cm³/mol. The molecule has 0 saturated heterocycles. The summed E-state index contributed by atoms with van der Waals surface area (Å²) in [6, 6.07) is 7.98. The van der Waals surface area contributed by atoms with Gasteiger partial charge in [-0.2, -0.15) is 0 Å². The third-order valence-electron chi connectivity index (χ3n) is 4.97. The SMILES string of the molecule is CN(C)[C@@H]1CCC[C@H]1NC(=O)CCCc1nc2ccccc2c(=O)[nH]1. The quantitative estimate of drug-likeness (QED) is 0.840. The molecule has 1 saturated carbocycles. The van der Waals surface area contributed by atoms with Gasteiger partial charge in [0.1, 0.15) is 5.82 Å². The zero-order valence-electron chi connectivity index (χ0n) is 14.9. The fourth-order valence-corrected chi connectivity index (χ4v) is 3.68. The summed E-state index contributed by atoms with van der Waals surface area (Å²) in [5.74, 6) is 0.727. The van der Waals surface area contributed by atoms with Crippen LogP contribution in [0.5, 0.6) is 0 Å². The van der Waals surface area contributed by atoms with Crippen LogP contribution < -0.4 is 10.9 Å². The monoisotopic (exact) mass is 342 g/mol. The van der Waals surface area contributed by atoms with Crippen LogP contribution in [0.2, 0.25) is 0 Å². The highest BCUT2D eigenvalue weighted by molar-refractivity contribution is 5.77.